The molecule has 0 bridgehead atoms. The molecule has 1 rings (SSSR count). The van der Waals surface area contributed by atoms with Crippen LogP contribution in [-0.2, 0) is 19.1 Å². The van der Waals surface area contributed by atoms with Crippen molar-refractivity contribution in [2.45, 2.75) is 45.3 Å². The van der Waals surface area contributed by atoms with Gasteiger partial charge < -0.3 is 20.1 Å². The summed E-state index contributed by atoms with van der Waals surface area (Å²) in [5.74, 6) is -1.40. The Hall–Kier alpha value is -1.63. The average molecular weight is 272 g/mol. The standard InChI is InChI=1S/C12H20N2O5/c1-12(2,3)19-11(17)14-7-9(15)18-10(16)8-5-4-6-13-8/h8,13H,4-7H2,1-3H3,(H,14,17)/t8-/m0/s1. The Labute approximate surface area is 112 Å². The zero-order valence-corrected chi connectivity index (χ0v) is 11.4. The van der Waals surface area contributed by atoms with Crippen LogP contribution in [-0.4, -0.2) is 42.8 Å². The van der Waals surface area contributed by atoms with E-state index in [1.807, 2.05) is 0 Å². The van der Waals surface area contributed by atoms with Gasteiger partial charge in [0.2, 0.25) is 0 Å². The number of carbonyl (C=O) groups is 3. The summed E-state index contributed by atoms with van der Waals surface area (Å²) in [7, 11) is 0. The highest BCUT2D eigenvalue weighted by Crippen LogP contribution is 2.07. The molecule has 0 spiro atoms. The normalized spacial score (nSPS) is 18.8. The number of amides is 1. The van der Waals surface area contributed by atoms with Crippen LogP contribution in [0.5, 0.6) is 0 Å². The maximum Gasteiger partial charge on any atom is 0.408 e. The third kappa shape index (κ3) is 6.19. The Morgan fingerprint density at radius 2 is 2.00 bits per heavy atom. The summed E-state index contributed by atoms with van der Waals surface area (Å²) >= 11 is 0. The van der Waals surface area contributed by atoms with Crippen molar-refractivity contribution in [2.75, 3.05) is 13.1 Å². The molecule has 1 amide bonds. The van der Waals surface area contributed by atoms with Gasteiger partial charge in [-0.05, 0) is 40.2 Å². The van der Waals surface area contributed by atoms with Crippen molar-refractivity contribution in [2.24, 2.45) is 0 Å². The number of rotatable bonds is 3. The molecule has 2 N–H and O–H groups in total. The largest absolute Gasteiger partial charge is 0.444 e. The van der Waals surface area contributed by atoms with Gasteiger partial charge in [-0.1, -0.05) is 0 Å². The molecular formula is C12H20N2O5. The maximum absolute atomic E-state index is 11.5. The van der Waals surface area contributed by atoms with Gasteiger partial charge in [-0.15, -0.1) is 0 Å². The zero-order chi connectivity index (χ0) is 14.5. The second-order valence-electron chi connectivity index (χ2n) is 5.30. The molecule has 1 saturated heterocycles. The summed E-state index contributed by atoms with van der Waals surface area (Å²) in [4.78, 5) is 34.1. The Bertz CT molecular complexity index is 356. The first kappa shape index (κ1) is 15.4. The number of ether oxygens (including phenoxy) is 2. The van der Waals surface area contributed by atoms with E-state index < -0.39 is 36.2 Å². The lowest BCUT2D eigenvalue weighted by atomic mass is 10.2. The van der Waals surface area contributed by atoms with E-state index in [0.29, 0.717) is 6.42 Å². The summed E-state index contributed by atoms with van der Waals surface area (Å²) in [6, 6.07) is -0.425. The molecule has 0 unspecified atom stereocenters. The van der Waals surface area contributed by atoms with Crippen LogP contribution in [0.4, 0.5) is 4.79 Å². The third-order valence-electron chi connectivity index (χ3n) is 2.34. The fourth-order valence-electron chi connectivity index (χ4n) is 1.56. The predicted molar refractivity (Wildman–Crippen MR) is 66.4 cm³/mol. The van der Waals surface area contributed by atoms with Gasteiger partial charge in [0.05, 0.1) is 0 Å². The minimum Gasteiger partial charge on any atom is -0.444 e. The van der Waals surface area contributed by atoms with Gasteiger partial charge in [-0.3, -0.25) is 0 Å². The van der Waals surface area contributed by atoms with Crippen LogP contribution >= 0.6 is 0 Å². The van der Waals surface area contributed by atoms with E-state index in [4.69, 9.17) is 4.74 Å². The Balaban J connectivity index is 2.24. The van der Waals surface area contributed by atoms with Gasteiger partial charge in [-0.2, -0.15) is 0 Å². The first-order valence-electron chi connectivity index (χ1n) is 6.23. The minimum absolute atomic E-state index is 0.395. The highest BCUT2D eigenvalue weighted by atomic mass is 16.6. The van der Waals surface area contributed by atoms with E-state index in [1.54, 1.807) is 20.8 Å². The Morgan fingerprint density at radius 3 is 2.53 bits per heavy atom. The lowest BCUT2D eigenvalue weighted by molar-refractivity contribution is -0.160. The van der Waals surface area contributed by atoms with Crippen molar-refractivity contribution in [3.8, 4) is 0 Å². The summed E-state index contributed by atoms with van der Waals surface area (Å²) in [6.45, 7) is 5.47. The average Bonchev–Trinajstić information content (AvgIpc) is 2.77. The van der Waals surface area contributed by atoms with E-state index in [-0.39, 0.29) is 0 Å². The predicted octanol–water partition coefficient (Wildman–Crippen LogP) is 0.333. The van der Waals surface area contributed by atoms with Crippen molar-refractivity contribution in [1.82, 2.24) is 10.6 Å². The summed E-state index contributed by atoms with van der Waals surface area (Å²) < 4.78 is 9.54. The number of esters is 2. The molecule has 1 aliphatic rings. The van der Waals surface area contributed by atoms with Crippen LogP contribution in [0.3, 0.4) is 0 Å². The summed E-state index contributed by atoms with van der Waals surface area (Å²) in [5.41, 5.74) is -0.641. The molecular weight excluding hydrogens is 252 g/mol. The molecule has 0 aromatic heterocycles. The fourth-order valence-corrected chi connectivity index (χ4v) is 1.56. The van der Waals surface area contributed by atoms with E-state index in [9.17, 15) is 14.4 Å². The molecule has 0 aliphatic carbocycles. The first-order valence-corrected chi connectivity index (χ1v) is 6.23. The van der Waals surface area contributed by atoms with Crippen molar-refractivity contribution in [1.29, 1.82) is 0 Å². The van der Waals surface area contributed by atoms with Crippen molar-refractivity contribution in [3.05, 3.63) is 0 Å². The van der Waals surface area contributed by atoms with Gasteiger partial charge in [-0.25, -0.2) is 14.4 Å². The van der Waals surface area contributed by atoms with E-state index >= 15 is 0 Å². The summed E-state index contributed by atoms with van der Waals surface area (Å²) in [5, 5.41) is 5.15. The molecule has 1 heterocycles. The maximum atomic E-state index is 11.5. The number of alkyl carbamates (subject to hydrolysis) is 1. The number of hydrogen-bond donors (Lipinski definition) is 2. The highest BCUT2D eigenvalue weighted by Gasteiger charge is 2.26. The molecule has 0 aromatic rings. The van der Waals surface area contributed by atoms with E-state index in [0.717, 1.165) is 13.0 Å². The van der Waals surface area contributed by atoms with Gasteiger partial charge in [0.25, 0.3) is 0 Å². The van der Waals surface area contributed by atoms with Crippen molar-refractivity contribution in [3.63, 3.8) is 0 Å². The van der Waals surface area contributed by atoms with Gasteiger partial charge in [0.15, 0.2) is 0 Å². The van der Waals surface area contributed by atoms with Crippen LogP contribution in [0.25, 0.3) is 0 Å². The smallest absolute Gasteiger partial charge is 0.408 e. The van der Waals surface area contributed by atoms with Crippen LogP contribution in [0.15, 0.2) is 0 Å². The van der Waals surface area contributed by atoms with Crippen LogP contribution in [0.1, 0.15) is 33.6 Å². The quantitative estimate of drug-likeness (QED) is 0.568. The van der Waals surface area contributed by atoms with E-state index in [2.05, 4.69) is 15.4 Å². The molecule has 0 radical (unpaired) electrons. The minimum atomic E-state index is -0.801. The Morgan fingerprint density at radius 1 is 1.32 bits per heavy atom. The molecule has 1 fully saturated rings. The molecule has 7 nitrogen and oxygen atoms in total. The van der Waals surface area contributed by atoms with Crippen molar-refractivity contribution >= 4 is 18.0 Å². The second-order valence-corrected chi connectivity index (χ2v) is 5.30. The van der Waals surface area contributed by atoms with Crippen LogP contribution < -0.4 is 10.6 Å². The van der Waals surface area contributed by atoms with Crippen LogP contribution in [0, 0.1) is 0 Å². The first-order chi connectivity index (χ1) is 8.78. The lowest BCUT2D eigenvalue weighted by Gasteiger charge is -2.19. The van der Waals surface area contributed by atoms with E-state index in [1.165, 1.54) is 0 Å². The SMILES string of the molecule is CC(C)(C)OC(=O)NCC(=O)OC(=O)[C@@H]1CCCN1. The molecule has 108 valence electrons. The number of nitrogens with one attached hydrogen (secondary N) is 2. The lowest BCUT2D eigenvalue weighted by Crippen LogP contribution is -2.39. The monoisotopic (exact) mass is 272 g/mol. The molecule has 0 aromatic carbocycles. The fraction of sp³-hybridized carbons (Fsp3) is 0.750. The highest BCUT2D eigenvalue weighted by molar-refractivity contribution is 5.90. The molecule has 0 saturated carbocycles. The Kier molecular flexibility index (Phi) is 5.29. The second kappa shape index (κ2) is 6.51. The third-order valence-corrected chi connectivity index (χ3v) is 2.34. The molecule has 19 heavy (non-hydrogen) atoms. The van der Waals surface area contributed by atoms with Crippen LogP contribution in [0.2, 0.25) is 0 Å². The van der Waals surface area contributed by atoms with Gasteiger partial charge >= 0.3 is 18.0 Å². The molecule has 7 heteroatoms. The number of hydrogen-bond acceptors (Lipinski definition) is 6. The molecule has 1 atom stereocenters. The van der Waals surface area contributed by atoms with Gasteiger partial charge in [0, 0.05) is 0 Å². The van der Waals surface area contributed by atoms with Crippen molar-refractivity contribution < 1.29 is 23.9 Å². The molecule has 1 aliphatic heterocycles. The van der Waals surface area contributed by atoms with Gasteiger partial charge in [0.1, 0.15) is 18.2 Å². The topological polar surface area (TPSA) is 93.7 Å². The zero-order valence-electron chi connectivity index (χ0n) is 11.4. The number of carbonyl (C=O) groups excluding carboxylic acids is 3. The summed E-state index contributed by atoms with van der Waals surface area (Å²) in [6.07, 6.45) is 0.811.